The van der Waals surface area contributed by atoms with E-state index in [4.69, 9.17) is 4.74 Å². The van der Waals surface area contributed by atoms with Crippen LogP contribution in [0.2, 0.25) is 0 Å². The minimum absolute atomic E-state index is 0.0740. The van der Waals surface area contributed by atoms with Gasteiger partial charge in [0.05, 0.1) is 13.2 Å². The first kappa shape index (κ1) is 14.6. The van der Waals surface area contributed by atoms with Crippen molar-refractivity contribution >= 4 is 5.91 Å². The van der Waals surface area contributed by atoms with Gasteiger partial charge in [0.25, 0.3) is 5.91 Å². The third-order valence-corrected chi connectivity index (χ3v) is 4.16. The van der Waals surface area contributed by atoms with E-state index < -0.39 is 0 Å². The lowest BCUT2D eigenvalue weighted by Gasteiger charge is -2.33. The molecule has 6 heteroatoms. The summed E-state index contributed by atoms with van der Waals surface area (Å²) in [6, 6.07) is 5.78. The van der Waals surface area contributed by atoms with E-state index in [1.165, 1.54) is 6.33 Å². The van der Waals surface area contributed by atoms with E-state index in [1.54, 1.807) is 13.4 Å². The van der Waals surface area contributed by atoms with Crippen molar-refractivity contribution in [1.82, 2.24) is 19.7 Å². The highest BCUT2D eigenvalue weighted by atomic mass is 16.5. The van der Waals surface area contributed by atoms with Crippen molar-refractivity contribution in [2.45, 2.75) is 25.8 Å². The zero-order valence-electron chi connectivity index (χ0n) is 12.9. The summed E-state index contributed by atoms with van der Waals surface area (Å²) in [6.07, 6.45) is 5.26. The quantitative estimate of drug-likeness (QED) is 0.870. The molecule has 1 aliphatic rings. The largest absolute Gasteiger partial charge is 0.497 e. The van der Waals surface area contributed by atoms with Crippen molar-refractivity contribution in [3.05, 3.63) is 42.0 Å². The fraction of sp³-hybridized carbons (Fsp3) is 0.438. The molecule has 2 aromatic rings. The van der Waals surface area contributed by atoms with E-state index in [2.05, 4.69) is 10.1 Å². The molecule has 1 saturated heterocycles. The molecular weight excluding hydrogens is 280 g/mol. The van der Waals surface area contributed by atoms with Crippen molar-refractivity contribution in [3.8, 4) is 5.75 Å². The number of aryl methyl sites for hydroxylation is 1. The van der Waals surface area contributed by atoms with Crippen LogP contribution in [-0.2, 0) is 0 Å². The molecule has 1 aromatic heterocycles. The first-order valence-electron chi connectivity index (χ1n) is 7.47. The summed E-state index contributed by atoms with van der Waals surface area (Å²) in [5.41, 5.74) is 1.67. The molecule has 1 unspecified atom stereocenters. The lowest BCUT2D eigenvalue weighted by molar-refractivity contribution is 0.0672. The maximum absolute atomic E-state index is 12.8. The summed E-state index contributed by atoms with van der Waals surface area (Å²) >= 11 is 0. The number of piperidine rings is 1. The summed E-state index contributed by atoms with van der Waals surface area (Å²) in [6.45, 7) is 3.40. The number of rotatable bonds is 3. The molecule has 6 nitrogen and oxygen atoms in total. The molecule has 1 atom stereocenters. The molecule has 0 spiro atoms. The molecule has 1 fully saturated rings. The smallest absolute Gasteiger partial charge is 0.254 e. The van der Waals surface area contributed by atoms with Crippen molar-refractivity contribution in [2.75, 3.05) is 20.2 Å². The topological polar surface area (TPSA) is 60.2 Å². The Balaban J connectivity index is 1.77. The van der Waals surface area contributed by atoms with E-state index >= 15 is 0 Å². The van der Waals surface area contributed by atoms with E-state index in [0.717, 1.165) is 36.3 Å². The first-order chi connectivity index (χ1) is 10.7. The third-order valence-electron chi connectivity index (χ3n) is 4.16. The maximum Gasteiger partial charge on any atom is 0.254 e. The summed E-state index contributed by atoms with van der Waals surface area (Å²) in [4.78, 5) is 18.7. The van der Waals surface area contributed by atoms with Crippen LogP contribution in [0.25, 0.3) is 0 Å². The van der Waals surface area contributed by atoms with Crippen LogP contribution < -0.4 is 4.74 Å². The molecule has 0 bridgehead atoms. The lowest BCUT2D eigenvalue weighted by Crippen LogP contribution is -2.41. The Labute approximate surface area is 129 Å². The lowest BCUT2D eigenvalue weighted by atomic mass is 10.0. The Morgan fingerprint density at radius 3 is 2.95 bits per heavy atom. The third kappa shape index (κ3) is 2.81. The van der Waals surface area contributed by atoms with Crippen LogP contribution in [0.4, 0.5) is 0 Å². The molecule has 3 rings (SSSR count). The number of carbonyl (C=O) groups is 1. The highest BCUT2D eigenvalue weighted by molar-refractivity contribution is 5.95. The molecule has 0 N–H and O–H groups in total. The number of methoxy groups -OCH3 is 1. The molecule has 1 aromatic carbocycles. The Hall–Kier alpha value is -2.37. The highest BCUT2D eigenvalue weighted by Gasteiger charge is 2.26. The molecule has 0 saturated carbocycles. The van der Waals surface area contributed by atoms with Crippen molar-refractivity contribution in [2.24, 2.45) is 0 Å². The van der Waals surface area contributed by atoms with Crippen LogP contribution in [0, 0.1) is 6.92 Å². The van der Waals surface area contributed by atoms with Gasteiger partial charge in [-0.15, -0.1) is 0 Å². The molecule has 116 valence electrons. The second-order valence-electron chi connectivity index (χ2n) is 5.60. The number of ether oxygens (including phenoxy) is 1. The van der Waals surface area contributed by atoms with Crippen LogP contribution in [-0.4, -0.2) is 45.8 Å². The number of aromatic nitrogens is 3. The van der Waals surface area contributed by atoms with Crippen molar-refractivity contribution in [1.29, 1.82) is 0 Å². The van der Waals surface area contributed by atoms with Gasteiger partial charge in [0, 0.05) is 18.7 Å². The molecule has 2 heterocycles. The molecule has 0 radical (unpaired) electrons. The van der Waals surface area contributed by atoms with Crippen LogP contribution in [0.1, 0.15) is 34.8 Å². The molecule has 1 aliphatic heterocycles. The number of hydrogen-bond donors (Lipinski definition) is 0. The van der Waals surface area contributed by atoms with Gasteiger partial charge in [-0.1, -0.05) is 0 Å². The predicted molar refractivity (Wildman–Crippen MR) is 81.9 cm³/mol. The molecule has 22 heavy (non-hydrogen) atoms. The summed E-state index contributed by atoms with van der Waals surface area (Å²) < 4.78 is 7.05. The summed E-state index contributed by atoms with van der Waals surface area (Å²) in [5, 5.41) is 4.20. The van der Waals surface area contributed by atoms with Gasteiger partial charge in [-0.05, 0) is 43.5 Å². The van der Waals surface area contributed by atoms with Crippen LogP contribution >= 0.6 is 0 Å². The van der Waals surface area contributed by atoms with Crippen molar-refractivity contribution in [3.63, 3.8) is 0 Å². The van der Waals surface area contributed by atoms with E-state index in [1.807, 2.05) is 34.7 Å². The average molecular weight is 300 g/mol. The molecule has 0 aliphatic carbocycles. The Bertz CT molecular complexity index is 654. The van der Waals surface area contributed by atoms with Gasteiger partial charge < -0.3 is 9.64 Å². The zero-order chi connectivity index (χ0) is 15.5. The molecular formula is C16H20N4O2. The number of nitrogens with zero attached hydrogens (tertiary/aromatic N) is 4. The van der Waals surface area contributed by atoms with E-state index in [9.17, 15) is 4.79 Å². The standard InChI is InChI=1S/C16H20N4O2/c1-12-8-14(22-2)5-6-15(12)16(21)19-7-3-4-13(9-19)20-11-17-10-18-20/h5-6,8,10-11,13H,3-4,7,9H2,1-2H3. The van der Waals surface area contributed by atoms with Crippen LogP contribution in [0.3, 0.4) is 0 Å². The minimum atomic E-state index is 0.0740. The van der Waals surface area contributed by atoms with Crippen LogP contribution in [0.15, 0.2) is 30.9 Å². The van der Waals surface area contributed by atoms with Gasteiger partial charge >= 0.3 is 0 Å². The molecule has 1 amide bonds. The number of benzene rings is 1. The number of hydrogen-bond acceptors (Lipinski definition) is 4. The number of carbonyl (C=O) groups excluding carboxylic acids is 1. The van der Waals surface area contributed by atoms with Gasteiger partial charge in [0.1, 0.15) is 18.4 Å². The predicted octanol–water partition coefficient (Wildman–Crippen LogP) is 2.07. The Kier molecular flexibility index (Phi) is 4.09. The summed E-state index contributed by atoms with van der Waals surface area (Å²) in [7, 11) is 1.63. The van der Waals surface area contributed by atoms with E-state index in [0.29, 0.717) is 6.54 Å². The zero-order valence-corrected chi connectivity index (χ0v) is 12.9. The monoisotopic (exact) mass is 300 g/mol. The second kappa shape index (κ2) is 6.17. The van der Waals surface area contributed by atoms with Gasteiger partial charge in [-0.25, -0.2) is 9.67 Å². The highest BCUT2D eigenvalue weighted by Crippen LogP contribution is 2.24. The maximum atomic E-state index is 12.8. The first-order valence-corrected chi connectivity index (χ1v) is 7.47. The SMILES string of the molecule is COc1ccc(C(=O)N2CCCC(n3cncn3)C2)c(C)c1. The van der Waals surface area contributed by atoms with Gasteiger partial charge in [0.15, 0.2) is 0 Å². The van der Waals surface area contributed by atoms with Crippen LogP contribution in [0.5, 0.6) is 5.75 Å². The number of likely N-dealkylation sites (tertiary alicyclic amines) is 1. The Morgan fingerprint density at radius 2 is 2.27 bits per heavy atom. The minimum Gasteiger partial charge on any atom is -0.497 e. The normalized spacial score (nSPS) is 18.3. The fourth-order valence-corrected chi connectivity index (χ4v) is 2.93. The fourth-order valence-electron chi connectivity index (χ4n) is 2.93. The van der Waals surface area contributed by atoms with Crippen molar-refractivity contribution < 1.29 is 9.53 Å². The van der Waals surface area contributed by atoms with Gasteiger partial charge in [0.2, 0.25) is 0 Å². The average Bonchev–Trinajstić information content (AvgIpc) is 3.09. The second-order valence-corrected chi connectivity index (χ2v) is 5.60. The van der Waals surface area contributed by atoms with Gasteiger partial charge in [-0.3, -0.25) is 4.79 Å². The van der Waals surface area contributed by atoms with Gasteiger partial charge in [-0.2, -0.15) is 5.10 Å². The Morgan fingerprint density at radius 1 is 1.41 bits per heavy atom. The summed E-state index contributed by atoms with van der Waals surface area (Å²) in [5.74, 6) is 0.846. The van der Waals surface area contributed by atoms with E-state index in [-0.39, 0.29) is 11.9 Å². The number of amides is 1.